The minimum atomic E-state index is -1.57. The smallest absolute Gasteiger partial charge is 0.268 e. The summed E-state index contributed by atoms with van der Waals surface area (Å²) >= 11 is 0. The Kier molecular flexibility index (Phi) is 6.99. The van der Waals surface area contributed by atoms with E-state index in [1.165, 1.54) is 31.5 Å². The second-order valence-electron chi connectivity index (χ2n) is 6.70. The molecule has 0 aliphatic carbocycles. The van der Waals surface area contributed by atoms with Crippen molar-refractivity contribution in [2.24, 2.45) is 0 Å². The molecule has 148 valence electrons. The van der Waals surface area contributed by atoms with Gasteiger partial charge in [0.05, 0.1) is 5.60 Å². The molecule has 2 aromatic carbocycles. The van der Waals surface area contributed by atoms with Crippen LogP contribution >= 0.6 is 0 Å². The van der Waals surface area contributed by atoms with E-state index in [0.29, 0.717) is 16.8 Å². The zero-order valence-corrected chi connectivity index (χ0v) is 16.0. The second kappa shape index (κ2) is 9.43. The van der Waals surface area contributed by atoms with Gasteiger partial charge in [0.15, 0.2) is 0 Å². The molecule has 0 aliphatic rings. The lowest BCUT2D eigenvalue weighted by molar-refractivity contribution is -0.136. The molecule has 0 bridgehead atoms. The van der Waals surface area contributed by atoms with E-state index < -0.39 is 23.5 Å². The largest absolute Gasteiger partial charge is 0.398 e. The molecule has 0 aromatic heterocycles. The Morgan fingerprint density at radius 3 is 2.24 bits per heavy atom. The van der Waals surface area contributed by atoms with Crippen LogP contribution in [0, 0.1) is 23.7 Å². The maximum Gasteiger partial charge on any atom is 0.268 e. The molecule has 0 fully saturated rings. The molecule has 0 spiro atoms. The summed E-state index contributed by atoms with van der Waals surface area (Å²) in [6.07, 6.45) is 0. The van der Waals surface area contributed by atoms with Crippen LogP contribution in [-0.2, 0) is 4.79 Å². The number of hydrogen-bond donors (Lipinski definition) is 5. The summed E-state index contributed by atoms with van der Waals surface area (Å²) in [5.41, 5.74) is 7.84. The Bertz CT molecular complexity index is 1020. The lowest BCUT2D eigenvalue weighted by atomic mass is 9.97. The van der Waals surface area contributed by atoms with E-state index in [9.17, 15) is 14.7 Å². The third-order valence-corrected chi connectivity index (χ3v) is 3.93. The van der Waals surface area contributed by atoms with Crippen molar-refractivity contribution in [3.05, 3.63) is 65.2 Å². The highest BCUT2D eigenvalue weighted by molar-refractivity contribution is 5.97. The van der Waals surface area contributed by atoms with Gasteiger partial charge in [0, 0.05) is 22.4 Å². The molecule has 6 N–H and O–H groups in total. The fourth-order valence-corrected chi connectivity index (χ4v) is 2.36. The van der Waals surface area contributed by atoms with Crippen LogP contribution in [0.5, 0.6) is 0 Å². The highest BCUT2D eigenvalue weighted by atomic mass is 16.5. The van der Waals surface area contributed by atoms with Crippen LogP contribution in [0.15, 0.2) is 48.5 Å². The molecule has 0 saturated carbocycles. The number of nitrogens with one attached hydrogen (secondary N) is 2. The van der Waals surface area contributed by atoms with Gasteiger partial charge in [-0.3, -0.25) is 14.8 Å². The fourth-order valence-electron chi connectivity index (χ4n) is 2.36. The summed E-state index contributed by atoms with van der Waals surface area (Å²) in [4.78, 5) is 24.0. The van der Waals surface area contributed by atoms with Gasteiger partial charge in [-0.05, 0) is 62.1 Å². The van der Waals surface area contributed by atoms with Crippen molar-refractivity contribution in [1.82, 2.24) is 10.8 Å². The van der Waals surface area contributed by atoms with Gasteiger partial charge in [-0.25, -0.2) is 5.48 Å². The molecule has 0 aliphatic heterocycles. The summed E-state index contributed by atoms with van der Waals surface area (Å²) in [5.74, 6) is 9.66. The van der Waals surface area contributed by atoms with Crippen molar-refractivity contribution < 1.29 is 19.9 Å². The van der Waals surface area contributed by atoms with Crippen molar-refractivity contribution in [2.45, 2.75) is 25.5 Å². The molecule has 0 saturated heterocycles. The molecular formula is C22H21N3O4. The number of amides is 2. The van der Waals surface area contributed by atoms with Gasteiger partial charge >= 0.3 is 0 Å². The molecule has 2 rings (SSSR count). The predicted molar refractivity (Wildman–Crippen MR) is 109 cm³/mol. The number of hydroxylamine groups is 1. The lowest BCUT2D eigenvalue weighted by Crippen LogP contribution is -2.57. The number of para-hydroxylation sites is 1. The molecule has 2 aromatic rings. The second-order valence-corrected chi connectivity index (χ2v) is 6.70. The van der Waals surface area contributed by atoms with Crippen molar-refractivity contribution in [2.75, 3.05) is 5.73 Å². The van der Waals surface area contributed by atoms with E-state index in [-0.39, 0.29) is 5.56 Å². The van der Waals surface area contributed by atoms with Gasteiger partial charge in [-0.1, -0.05) is 24.0 Å². The Hall–Kier alpha value is -3.78. The Balaban J connectivity index is 2.08. The Labute approximate surface area is 168 Å². The molecule has 7 nitrogen and oxygen atoms in total. The summed E-state index contributed by atoms with van der Waals surface area (Å²) in [7, 11) is 0. The minimum absolute atomic E-state index is 0.263. The van der Waals surface area contributed by atoms with Crippen LogP contribution in [0.3, 0.4) is 0 Å². The third kappa shape index (κ3) is 6.12. The zero-order chi connectivity index (χ0) is 21.4. The van der Waals surface area contributed by atoms with E-state index in [1.54, 1.807) is 24.3 Å². The number of carbonyl (C=O) groups is 2. The van der Waals surface area contributed by atoms with Crippen LogP contribution in [0.2, 0.25) is 0 Å². The third-order valence-electron chi connectivity index (χ3n) is 3.93. The van der Waals surface area contributed by atoms with Gasteiger partial charge in [-0.2, -0.15) is 0 Å². The predicted octanol–water partition coefficient (Wildman–Crippen LogP) is 1.05. The number of aliphatic hydroxyl groups is 1. The van der Waals surface area contributed by atoms with Gasteiger partial charge in [0.1, 0.15) is 6.04 Å². The Morgan fingerprint density at radius 1 is 1.03 bits per heavy atom. The SMILES string of the molecule is CC(C)(O)[C@H](NC(=O)c1ccc(C#CC#Cc2ccccc2N)cc1)C(=O)NO. The van der Waals surface area contributed by atoms with Crippen LogP contribution in [0.25, 0.3) is 0 Å². The summed E-state index contributed by atoms with van der Waals surface area (Å²) in [6, 6.07) is 12.2. The normalized spacial score (nSPS) is 11.2. The van der Waals surface area contributed by atoms with Gasteiger partial charge in [0.2, 0.25) is 0 Å². The first-order chi connectivity index (χ1) is 13.7. The van der Waals surface area contributed by atoms with Crippen LogP contribution in [-0.4, -0.2) is 33.8 Å². The van der Waals surface area contributed by atoms with E-state index in [0.717, 1.165) is 0 Å². The monoisotopic (exact) mass is 391 g/mol. The average Bonchev–Trinajstić information content (AvgIpc) is 2.69. The topological polar surface area (TPSA) is 125 Å². The van der Waals surface area contributed by atoms with Crippen LogP contribution in [0.4, 0.5) is 5.69 Å². The van der Waals surface area contributed by atoms with E-state index in [1.807, 2.05) is 12.1 Å². The van der Waals surface area contributed by atoms with Crippen LogP contribution in [0.1, 0.15) is 35.3 Å². The number of carbonyl (C=O) groups excluding carboxylic acids is 2. The standard InChI is InChI=1S/C22H21N3O4/c1-22(2,28)19(21(27)25-29)24-20(26)17-13-11-15(12-14-17)7-3-4-8-16-9-5-6-10-18(16)23/h5-6,9-14,19,28-29H,23H2,1-2H3,(H,24,26)(H,25,27)/t19-/m1/s1. The van der Waals surface area contributed by atoms with Crippen molar-refractivity contribution in [3.63, 3.8) is 0 Å². The molecule has 2 amide bonds. The summed E-state index contributed by atoms with van der Waals surface area (Å²) < 4.78 is 0. The van der Waals surface area contributed by atoms with E-state index in [4.69, 9.17) is 10.9 Å². The van der Waals surface area contributed by atoms with Crippen molar-refractivity contribution >= 4 is 17.5 Å². The zero-order valence-electron chi connectivity index (χ0n) is 16.0. The number of nitrogen functional groups attached to an aromatic ring is 1. The van der Waals surface area contributed by atoms with Crippen molar-refractivity contribution in [3.8, 4) is 23.7 Å². The minimum Gasteiger partial charge on any atom is -0.398 e. The number of rotatable bonds is 4. The lowest BCUT2D eigenvalue weighted by Gasteiger charge is -2.28. The number of anilines is 1. The van der Waals surface area contributed by atoms with Gasteiger partial charge < -0.3 is 16.2 Å². The number of benzene rings is 2. The molecule has 0 unspecified atom stereocenters. The quantitative estimate of drug-likeness (QED) is 0.231. The van der Waals surface area contributed by atoms with Crippen molar-refractivity contribution in [1.29, 1.82) is 0 Å². The molecule has 0 heterocycles. The Morgan fingerprint density at radius 2 is 1.66 bits per heavy atom. The maximum atomic E-state index is 12.3. The first kappa shape index (κ1) is 21.5. The number of nitrogens with two attached hydrogens (primary N) is 1. The van der Waals surface area contributed by atoms with E-state index >= 15 is 0 Å². The molecular weight excluding hydrogens is 370 g/mol. The maximum absolute atomic E-state index is 12.3. The summed E-state index contributed by atoms with van der Waals surface area (Å²) in [5, 5.41) is 21.2. The molecule has 7 heteroatoms. The molecule has 1 atom stereocenters. The van der Waals surface area contributed by atoms with Crippen LogP contribution < -0.4 is 16.5 Å². The number of hydrogen-bond acceptors (Lipinski definition) is 5. The highest BCUT2D eigenvalue weighted by Gasteiger charge is 2.34. The van der Waals surface area contributed by atoms with Gasteiger partial charge in [-0.15, -0.1) is 0 Å². The molecule has 0 radical (unpaired) electrons. The average molecular weight is 391 g/mol. The highest BCUT2D eigenvalue weighted by Crippen LogP contribution is 2.11. The van der Waals surface area contributed by atoms with Gasteiger partial charge in [0.25, 0.3) is 11.8 Å². The van der Waals surface area contributed by atoms with E-state index in [2.05, 4.69) is 29.0 Å². The first-order valence-corrected chi connectivity index (χ1v) is 8.66. The first-order valence-electron chi connectivity index (χ1n) is 8.66. The fraction of sp³-hybridized carbons (Fsp3) is 0.182. The summed E-state index contributed by atoms with van der Waals surface area (Å²) in [6.45, 7) is 2.69. The molecule has 29 heavy (non-hydrogen) atoms.